The lowest BCUT2D eigenvalue weighted by atomic mass is 10.1. The molecule has 28 heavy (non-hydrogen) atoms. The van der Waals surface area contributed by atoms with Gasteiger partial charge >= 0.3 is 0 Å². The largest absolute Gasteiger partial charge is 0.338 e. The maximum atomic E-state index is 13.9. The molecule has 1 aliphatic rings. The van der Waals surface area contributed by atoms with Gasteiger partial charge in [0.15, 0.2) is 0 Å². The molecule has 0 spiro atoms. The molecule has 142 valence electrons. The van der Waals surface area contributed by atoms with Crippen molar-refractivity contribution in [2.75, 3.05) is 12.4 Å². The summed E-state index contributed by atoms with van der Waals surface area (Å²) in [5.41, 5.74) is 3.04. The van der Waals surface area contributed by atoms with Crippen LogP contribution in [0, 0.1) is 5.82 Å². The van der Waals surface area contributed by atoms with Gasteiger partial charge in [0, 0.05) is 18.1 Å². The van der Waals surface area contributed by atoms with Gasteiger partial charge in [-0.15, -0.1) is 0 Å². The van der Waals surface area contributed by atoms with E-state index in [4.69, 9.17) is 11.6 Å². The van der Waals surface area contributed by atoms with Crippen molar-refractivity contribution < 1.29 is 9.18 Å². The maximum Gasteiger partial charge on any atom is 0.272 e. The predicted octanol–water partition coefficient (Wildman–Crippen LogP) is 4.86. The van der Waals surface area contributed by atoms with Crippen LogP contribution in [0.4, 0.5) is 15.9 Å². The average Bonchev–Trinajstić information content (AvgIpc) is 3.12. The van der Waals surface area contributed by atoms with Crippen molar-refractivity contribution in [2.45, 2.75) is 18.9 Å². The summed E-state index contributed by atoms with van der Waals surface area (Å²) in [4.78, 5) is 19.1. The number of benzene rings is 2. The summed E-state index contributed by atoms with van der Waals surface area (Å²) in [7, 11) is 1.78. The van der Waals surface area contributed by atoms with Crippen LogP contribution in [0.25, 0.3) is 0 Å². The average molecular weight is 396 g/mol. The summed E-state index contributed by atoms with van der Waals surface area (Å²) in [6, 6.07) is 17.7. The summed E-state index contributed by atoms with van der Waals surface area (Å²) >= 11 is 6.19. The predicted molar refractivity (Wildman–Crippen MR) is 109 cm³/mol. The molecule has 3 aromatic rings. The number of halogens is 2. The molecule has 4 nitrogen and oxygen atoms in total. The smallest absolute Gasteiger partial charge is 0.272 e. The van der Waals surface area contributed by atoms with E-state index in [2.05, 4.69) is 22.4 Å². The quantitative estimate of drug-likeness (QED) is 0.686. The van der Waals surface area contributed by atoms with Gasteiger partial charge in [-0.05, 0) is 48.2 Å². The van der Waals surface area contributed by atoms with Gasteiger partial charge < -0.3 is 10.2 Å². The topological polar surface area (TPSA) is 45.2 Å². The van der Waals surface area contributed by atoms with Gasteiger partial charge in [-0.2, -0.15) is 0 Å². The lowest BCUT2D eigenvalue weighted by Gasteiger charge is -2.24. The van der Waals surface area contributed by atoms with E-state index >= 15 is 0 Å². The minimum atomic E-state index is -0.405. The molecule has 0 unspecified atom stereocenters. The van der Waals surface area contributed by atoms with Gasteiger partial charge in [0.1, 0.15) is 17.3 Å². The van der Waals surface area contributed by atoms with Gasteiger partial charge in [0.2, 0.25) is 0 Å². The van der Waals surface area contributed by atoms with Gasteiger partial charge in [0.05, 0.1) is 5.69 Å². The van der Waals surface area contributed by atoms with E-state index in [1.54, 1.807) is 36.2 Å². The zero-order valence-corrected chi connectivity index (χ0v) is 16.1. The number of amides is 1. The van der Waals surface area contributed by atoms with Crippen LogP contribution >= 0.6 is 11.6 Å². The molecule has 0 atom stereocenters. The van der Waals surface area contributed by atoms with Crippen LogP contribution in [-0.4, -0.2) is 28.9 Å². The normalized spacial score (nSPS) is 13.2. The number of pyridine rings is 1. The molecule has 0 radical (unpaired) electrons. The molecule has 1 aliphatic carbocycles. The molecule has 0 fully saturated rings. The van der Waals surface area contributed by atoms with Crippen molar-refractivity contribution in [1.82, 2.24) is 9.88 Å². The van der Waals surface area contributed by atoms with Gasteiger partial charge in [0.25, 0.3) is 5.91 Å². The summed E-state index contributed by atoms with van der Waals surface area (Å²) in [5, 5.41) is 3.25. The zero-order valence-electron chi connectivity index (χ0n) is 15.3. The van der Waals surface area contributed by atoms with Crippen LogP contribution in [0.3, 0.4) is 0 Å². The van der Waals surface area contributed by atoms with E-state index in [0.29, 0.717) is 10.8 Å². The number of hydrogen-bond donors (Lipinski definition) is 1. The van der Waals surface area contributed by atoms with Crippen molar-refractivity contribution in [3.8, 4) is 0 Å². The number of carbonyl (C=O) groups is 1. The minimum absolute atomic E-state index is 0.0775. The Labute approximate surface area is 168 Å². The fourth-order valence-electron chi connectivity index (χ4n) is 3.53. The van der Waals surface area contributed by atoms with Crippen molar-refractivity contribution >= 4 is 29.0 Å². The number of likely N-dealkylation sites (N-methyl/N-ethyl adjacent to an activating group) is 1. The number of para-hydroxylation sites is 1. The highest BCUT2D eigenvalue weighted by atomic mass is 35.5. The number of rotatable bonds is 4. The van der Waals surface area contributed by atoms with E-state index < -0.39 is 5.82 Å². The van der Waals surface area contributed by atoms with Crippen LogP contribution in [0.15, 0.2) is 60.7 Å². The van der Waals surface area contributed by atoms with Crippen LogP contribution in [0.2, 0.25) is 5.02 Å². The monoisotopic (exact) mass is 395 g/mol. The van der Waals surface area contributed by atoms with E-state index in [1.165, 1.54) is 23.3 Å². The molecule has 4 rings (SSSR count). The number of anilines is 2. The van der Waals surface area contributed by atoms with Crippen molar-refractivity contribution in [3.63, 3.8) is 0 Å². The van der Waals surface area contributed by atoms with Crippen LogP contribution < -0.4 is 5.32 Å². The molecule has 1 aromatic heterocycles. The molecular weight excluding hydrogens is 377 g/mol. The zero-order chi connectivity index (χ0) is 19.7. The SMILES string of the molecule is CN(C(=O)c1cc(Cl)cc(Nc2ccccc2F)n1)C1Cc2ccccc2C1. The molecule has 1 heterocycles. The number of aromatic nitrogens is 1. The number of nitrogens with one attached hydrogen (secondary N) is 1. The number of carbonyl (C=O) groups excluding carboxylic acids is 1. The summed E-state index contributed by atoms with van der Waals surface area (Å²) < 4.78 is 13.9. The lowest BCUT2D eigenvalue weighted by molar-refractivity contribution is 0.0732. The first kappa shape index (κ1) is 18.4. The van der Waals surface area contributed by atoms with E-state index in [0.717, 1.165) is 12.8 Å². The number of nitrogens with zero attached hydrogens (tertiary/aromatic N) is 2. The first-order valence-electron chi connectivity index (χ1n) is 9.04. The second-order valence-electron chi connectivity index (χ2n) is 6.91. The minimum Gasteiger partial charge on any atom is -0.338 e. The Hall–Kier alpha value is -2.92. The highest BCUT2D eigenvalue weighted by molar-refractivity contribution is 6.31. The van der Waals surface area contributed by atoms with Gasteiger partial charge in [-0.3, -0.25) is 4.79 Å². The summed E-state index contributed by atoms with van der Waals surface area (Å²) in [5.74, 6) is -0.293. The summed E-state index contributed by atoms with van der Waals surface area (Å²) in [6.07, 6.45) is 1.64. The molecule has 0 aliphatic heterocycles. The van der Waals surface area contributed by atoms with Gasteiger partial charge in [-0.25, -0.2) is 9.37 Å². The van der Waals surface area contributed by atoms with Crippen LogP contribution in [0.1, 0.15) is 21.6 Å². The Bertz CT molecular complexity index is 1010. The van der Waals surface area contributed by atoms with Gasteiger partial charge in [-0.1, -0.05) is 48.0 Å². The summed E-state index contributed by atoms with van der Waals surface area (Å²) in [6.45, 7) is 0. The Kier molecular flexibility index (Phi) is 5.01. The molecule has 6 heteroatoms. The van der Waals surface area contributed by atoms with E-state index in [-0.39, 0.29) is 23.3 Å². The van der Waals surface area contributed by atoms with Crippen LogP contribution in [0.5, 0.6) is 0 Å². The van der Waals surface area contributed by atoms with E-state index in [9.17, 15) is 9.18 Å². The molecule has 0 saturated heterocycles. The standard InChI is InChI=1S/C22H19ClFN3O/c1-27(17-10-14-6-2-3-7-15(14)11-17)22(28)20-12-16(23)13-21(26-20)25-19-9-5-4-8-18(19)24/h2-9,12-13,17H,10-11H2,1H3,(H,25,26). The second-order valence-corrected chi connectivity index (χ2v) is 7.34. The molecule has 2 aromatic carbocycles. The number of fused-ring (bicyclic) bond motifs is 1. The molecular formula is C22H19ClFN3O. The highest BCUT2D eigenvalue weighted by Gasteiger charge is 2.28. The van der Waals surface area contributed by atoms with Crippen molar-refractivity contribution in [1.29, 1.82) is 0 Å². The Morgan fingerprint density at radius 3 is 2.43 bits per heavy atom. The highest BCUT2D eigenvalue weighted by Crippen LogP contribution is 2.27. The Morgan fingerprint density at radius 1 is 1.11 bits per heavy atom. The van der Waals surface area contributed by atoms with Crippen LogP contribution in [-0.2, 0) is 12.8 Å². The fraction of sp³-hybridized carbons (Fsp3) is 0.182. The molecule has 0 bridgehead atoms. The third-order valence-electron chi connectivity index (χ3n) is 5.04. The molecule has 0 saturated carbocycles. The molecule has 1 N–H and O–H groups in total. The van der Waals surface area contributed by atoms with Crippen molar-refractivity contribution in [3.05, 3.63) is 88.3 Å². The first-order valence-corrected chi connectivity index (χ1v) is 9.42. The lowest BCUT2D eigenvalue weighted by Crippen LogP contribution is -2.38. The molecule has 1 amide bonds. The first-order chi connectivity index (χ1) is 13.5. The Morgan fingerprint density at radius 2 is 1.75 bits per heavy atom. The maximum absolute atomic E-state index is 13.9. The fourth-order valence-corrected chi connectivity index (χ4v) is 3.73. The number of hydrogen-bond acceptors (Lipinski definition) is 3. The third kappa shape index (κ3) is 3.71. The Balaban J connectivity index is 1.55. The third-order valence-corrected chi connectivity index (χ3v) is 5.26. The van der Waals surface area contributed by atoms with E-state index in [1.807, 2.05) is 12.1 Å². The van der Waals surface area contributed by atoms with Crippen molar-refractivity contribution in [2.24, 2.45) is 0 Å². The second kappa shape index (κ2) is 7.60.